The summed E-state index contributed by atoms with van der Waals surface area (Å²) in [4.78, 5) is 2.28. The van der Waals surface area contributed by atoms with Gasteiger partial charge in [0.15, 0.2) is 0 Å². The predicted molar refractivity (Wildman–Crippen MR) is 247 cm³/mol. The maximum absolute atomic E-state index is 8.99. The summed E-state index contributed by atoms with van der Waals surface area (Å²) >= 11 is 0. The zero-order valence-electron chi connectivity index (χ0n) is 42.5. The van der Waals surface area contributed by atoms with Crippen LogP contribution in [0, 0.1) is 0 Å². The van der Waals surface area contributed by atoms with E-state index in [0.717, 1.165) is 72.7 Å². The van der Waals surface area contributed by atoms with Gasteiger partial charge in [0.1, 0.15) is 0 Å². The number of para-hydroxylation sites is 1. The predicted octanol–water partition coefficient (Wildman–Crippen LogP) is 15.2. The minimum Gasteiger partial charge on any atom is -0.310 e. The van der Waals surface area contributed by atoms with Gasteiger partial charge in [-0.25, -0.2) is 0 Å². The summed E-state index contributed by atoms with van der Waals surface area (Å²) in [6.07, 6.45) is 0. The van der Waals surface area contributed by atoms with Crippen molar-refractivity contribution in [3.8, 4) is 44.5 Å². The monoisotopic (exact) mass is 763 g/mol. The molecule has 1 heteroatoms. The summed E-state index contributed by atoms with van der Waals surface area (Å²) in [5.41, 5.74) is 12.8. The van der Waals surface area contributed by atoms with E-state index in [-0.39, 0.29) is 59.5 Å². The molecule has 0 radical (unpaired) electrons. The van der Waals surface area contributed by atoms with Gasteiger partial charge >= 0.3 is 0 Å². The average Bonchev–Trinajstić information content (AvgIpc) is 3.81. The summed E-state index contributed by atoms with van der Waals surface area (Å²) in [6, 6.07) is 52.2. The van der Waals surface area contributed by atoms with Crippen LogP contribution in [-0.4, -0.2) is 0 Å². The van der Waals surface area contributed by atoms with Gasteiger partial charge in [-0.2, -0.15) is 0 Å². The Morgan fingerprint density at radius 2 is 0.949 bits per heavy atom. The van der Waals surface area contributed by atoms with Gasteiger partial charge in [0.05, 0.1) is 24.8 Å². The van der Waals surface area contributed by atoms with Gasteiger partial charge in [-0.05, 0) is 108 Å². The molecule has 0 fully saturated rings. The molecule has 0 unspecified atom stereocenters. The van der Waals surface area contributed by atoms with Crippen LogP contribution in [-0.2, 0) is 10.8 Å². The number of anilines is 3. The zero-order valence-corrected chi connectivity index (χ0v) is 32.5. The van der Waals surface area contributed by atoms with Crippen LogP contribution in [0.25, 0.3) is 44.5 Å². The van der Waals surface area contributed by atoms with Crippen LogP contribution < -0.4 is 4.90 Å². The number of fused-ring (bicyclic) bond motifs is 6. The molecule has 59 heavy (non-hydrogen) atoms. The fourth-order valence-corrected chi connectivity index (χ4v) is 9.87. The van der Waals surface area contributed by atoms with Crippen molar-refractivity contribution in [3.05, 3.63) is 258 Å². The number of nitrogens with zero attached hydrogens (tertiary/aromatic N) is 1. The summed E-state index contributed by atoms with van der Waals surface area (Å²) in [5, 5.41) is 0. The molecule has 0 N–H and O–H groups in total. The summed E-state index contributed by atoms with van der Waals surface area (Å²) in [6.45, 7) is 4.36. The molecule has 0 bridgehead atoms. The van der Waals surface area contributed by atoms with E-state index in [4.69, 9.17) is 13.7 Å². The maximum Gasteiger partial charge on any atom is 0.0714 e. The Balaban J connectivity index is 1.14. The third kappa shape index (κ3) is 5.31. The number of rotatable bonds is 7. The van der Waals surface area contributed by atoms with E-state index in [1.807, 2.05) is 60.7 Å². The van der Waals surface area contributed by atoms with E-state index < -0.39 is 22.9 Å². The van der Waals surface area contributed by atoms with Crippen LogP contribution in [0.3, 0.4) is 0 Å². The van der Waals surface area contributed by atoms with Crippen molar-refractivity contribution in [1.82, 2.24) is 0 Å². The van der Waals surface area contributed by atoms with Crippen molar-refractivity contribution in [3.63, 3.8) is 0 Å². The average molecular weight is 764 g/mol. The van der Waals surface area contributed by atoms with Gasteiger partial charge in [-0.1, -0.05) is 208 Å². The normalized spacial score (nSPS) is 16.2. The number of benzene rings is 9. The molecule has 0 atom stereocenters. The second kappa shape index (κ2) is 13.7. The van der Waals surface area contributed by atoms with Gasteiger partial charge in [0, 0.05) is 16.8 Å². The molecule has 11 rings (SSSR count). The van der Waals surface area contributed by atoms with Crippen molar-refractivity contribution >= 4 is 17.1 Å². The molecule has 0 saturated carbocycles. The molecule has 0 spiro atoms. The lowest BCUT2D eigenvalue weighted by molar-refractivity contribution is 0.661. The highest BCUT2D eigenvalue weighted by atomic mass is 15.1. The van der Waals surface area contributed by atoms with E-state index in [0.29, 0.717) is 11.1 Å². The van der Waals surface area contributed by atoms with Gasteiger partial charge in [-0.3, -0.25) is 0 Å². The molecule has 2 aliphatic carbocycles. The third-order valence-electron chi connectivity index (χ3n) is 12.3. The lowest BCUT2D eigenvalue weighted by Gasteiger charge is -2.36. The molecule has 1 nitrogen and oxygen atoms in total. The topological polar surface area (TPSA) is 3.24 Å². The van der Waals surface area contributed by atoms with Crippen LogP contribution in [0.15, 0.2) is 224 Å². The van der Waals surface area contributed by atoms with E-state index in [2.05, 4.69) is 122 Å². The van der Waals surface area contributed by atoms with Crippen molar-refractivity contribution in [2.75, 3.05) is 4.90 Å². The molecule has 0 aromatic heterocycles. The van der Waals surface area contributed by atoms with Gasteiger partial charge in [-0.15, -0.1) is 0 Å². The smallest absolute Gasteiger partial charge is 0.0714 e. The first-order chi connectivity index (χ1) is 33.2. The minimum atomic E-state index is -0.850. The van der Waals surface area contributed by atoms with E-state index in [9.17, 15) is 0 Å². The molecule has 9 aromatic rings. The molecule has 9 aromatic carbocycles. The second-order valence-corrected chi connectivity index (χ2v) is 15.7. The summed E-state index contributed by atoms with van der Waals surface area (Å²) < 4.78 is 85.8. The van der Waals surface area contributed by atoms with Gasteiger partial charge in [0.25, 0.3) is 0 Å². The Bertz CT molecular complexity index is 3500. The minimum absolute atomic E-state index is 0.148. The SMILES string of the molecule is [2H]c1c([2H])c([2H])c(-c2ccc(C3(c4cccc(N(c5ccccc5)c5cccc6c5C(C)(C)c5cccc(-c7c([2H])c([2H])c([2H])c([2H])c7[2H])c5-6)c4)c4ccccc4-c4ccccc43)cc2)c([2H])c1[2H]. The van der Waals surface area contributed by atoms with Crippen molar-refractivity contribution in [1.29, 1.82) is 0 Å². The highest BCUT2D eigenvalue weighted by molar-refractivity contribution is 5.97. The molecule has 0 saturated heterocycles. The zero-order chi connectivity index (χ0) is 48.3. The quantitative estimate of drug-likeness (QED) is 0.156. The number of hydrogen-bond donors (Lipinski definition) is 0. The van der Waals surface area contributed by atoms with Crippen LogP contribution in [0.2, 0.25) is 0 Å². The highest BCUT2D eigenvalue weighted by Gasteiger charge is 2.46. The van der Waals surface area contributed by atoms with E-state index >= 15 is 0 Å². The Labute approximate surface area is 361 Å². The van der Waals surface area contributed by atoms with E-state index in [1.165, 1.54) is 0 Å². The first-order valence-corrected chi connectivity index (χ1v) is 19.9. The number of hydrogen-bond acceptors (Lipinski definition) is 1. The standard InChI is InChI=1S/C58H43N/c1-57(2)53-33-17-29-47(42-21-8-4-9-22-42)55(53)50-30-18-34-54(56(50)57)59(45-24-10-5-11-25-45)46-26-16-23-44(39-46)58(43-37-35-41(36-38-43)40-19-6-3-7-20-40)51-31-14-12-27-48(51)49-28-13-15-32-52(49)58/h3-39H,1-2H3/i3D,4D,6D,7D,8D,9D,19D,20D,21D,22D. The van der Waals surface area contributed by atoms with Crippen molar-refractivity contribution in [2.24, 2.45) is 0 Å². The first kappa shape index (κ1) is 25.9. The molecule has 0 amide bonds. The molecule has 280 valence electrons. The van der Waals surface area contributed by atoms with Crippen LogP contribution in [0.4, 0.5) is 17.1 Å². The second-order valence-electron chi connectivity index (χ2n) is 15.7. The molecule has 2 aliphatic rings. The Morgan fingerprint density at radius 1 is 0.407 bits per heavy atom. The lowest BCUT2D eigenvalue weighted by atomic mass is 9.67. The fourth-order valence-electron chi connectivity index (χ4n) is 9.87. The summed E-state index contributed by atoms with van der Waals surface area (Å²) in [5.74, 6) is 0. The molecule has 0 heterocycles. The Hall–Kier alpha value is -7.22. The maximum atomic E-state index is 8.99. The summed E-state index contributed by atoms with van der Waals surface area (Å²) in [7, 11) is 0. The fraction of sp³-hybridized carbons (Fsp3) is 0.0690. The van der Waals surface area contributed by atoms with Crippen LogP contribution >= 0.6 is 0 Å². The Morgan fingerprint density at radius 3 is 1.64 bits per heavy atom. The van der Waals surface area contributed by atoms with Crippen molar-refractivity contribution in [2.45, 2.75) is 24.7 Å². The molecular weight excluding hydrogens is 711 g/mol. The van der Waals surface area contributed by atoms with Crippen LogP contribution in [0.5, 0.6) is 0 Å². The lowest BCUT2D eigenvalue weighted by Crippen LogP contribution is -2.29. The largest absolute Gasteiger partial charge is 0.310 e. The van der Waals surface area contributed by atoms with Crippen LogP contribution in [0.1, 0.15) is 60.9 Å². The Kier molecular flexibility index (Phi) is 6.02. The van der Waals surface area contributed by atoms with Gasteiger partial charge in [0.2, 0.25) is 0 Å². The van der Waals surface area contributed by atoms with Gasteiger partial charge < -0.3 is 4.90 Å². The molecular formula is C58H43N. The van der Waals surface area contributed by atoms with Crippen molar-refractivity contribution < 1.29 is 13.7 Å². The molecule has 0 aliphatic heterocycles. The third-order valence-corrected chi connectivity index (χ3v) is 12.3. The first-order valence-electron chi connectivity index (χ1n) is 24.9. The van der Waals surface area contributed by atoms with E-state index in [1.54, 1.807) is 0 Å². The highest BCUT2D eigenvalue weighted by Crippen LogP contribution is 2.59.